The summed E-state index contributed by atoms with van der Waals surface area (Å²) in [7, 11) is 0. The summed E-state index contributed by atoms with van der Waals surface area (Å²) in [6.07, 6.45) is 0. The van der Waals surface area contributed by atoms with Crippen molar-refractivity contribution in [3.8, 4) is 0 Å². The van der Waals surface area contributed by atoms with Crippen LogP contribution in [0.15, 0.2) is 34.8 Å². The summed E-state index contributed by atoms with van der Waals surface area (Å²) in [6, 6.07) is 6.39. The number of halogens is 6. The van der Waals surface area contributed by atoms with Gasteiger partial charge in [-0.2, -0.15) is 0 Å². The first-order valence-corrected chi connectivity index (χ1v) is 7.22. The van der Waals surface area contributed by atoms with Crippen molar-refractivity contribution in [3.05, 3.63) is 68.4 Å². The summed E-state index contributed by atoms with van der Waals surface area (Å²) in [4.78, 5) is -0.664. The molecular formula is C13H6Br2ClF3. The molecule has 19 heavy (non-hydrogen) atoms. The van der Waals surface area contributed by atoms with E-state index in [-0.39, 0.29) is 5.56 Å². The van der Waals surface area contributed by atoms with E-state index in [4.69, 9.17) is 11.6 Å². The zero-order chi connectivity index (χ0) is 14.2. The summed E-state index contributed by atoms with van der Waals surface area (Å²) >= 11 is 12.6. The van der Waals surface area contributed by atoms with Gasteiger partial charge in [0.05, 0.1) is 4.83 Å². The molecule has 6 heteroatoms. The van der Waals surface area contributed by atoms with E-state index in [1.165, 1.54) is 0 Å². The molecule has 0 fully saturated rings. The van der Waals surface area contributed by atoms with Crippen LogP contribution in [0.25, 0.3) is 0 Å². The number of hydrogen-bond donors (Lipinski definition) is 0. The van der Waals surface area contributed by atoms with Crippen molar-refractivity contribution in [2.75, 3.05) is 0 Å². The van der Waals surface area contributed by atoms with Gasteiger partial charge in [0.25, 0.3) is 0 Å². The van der Waals surface area contributed by atoms with Crippen LogP contribution in [-0.2, 0) is 0 Å². The van der Waals surface area contributed by atoms with Crippen LogP contribution < -0.4 is 0 Å². The summed E-state index contributed by atoms with van der Waals surface area (Å²) in [5.74, 6) is -3.16. The first kappa shape index (κ1) is 14.9. The van der Waals surface area contributed by atoms with Gasteiger partial charge >= 0.3 is 0 Å². The quantitative estimate of drug-likeness (QED) is 0.417. The third-order valence-electron chi connectivity index (χ3n) is 2.55. The van der Waals surface area contributed by atoms with Crippen molar-refractivity contribution >= 4 is 43.5 Å². The molecule has 2 rings (SSSR count). The fourth-order valence-electron chi connectivity index (χ4n) is 1.61. The van der Waals surface area contributed by atoms with E-state index < -0.39 is 22.3 Å². The van der Waals surface area contributed by atoms with Crippen molar-refractivity contribution in [2.24, 2.45) is 0 Å². The molecule has 2 aromatic carbocycles. The Bertz CT molecular complexity index is 632. The Hall–Kier alpha value is -0.520. The Labute approximate surface area is 129 Å². The number of rotatable bonds is 2. The average Bonchev–Trinajstić information content (AvgIpc) is 2.33. The molecule has 0 N–H and O–H groups in total. The molecule has 0 saturated heterocycles. The van der Waals surface area contributed by atoms with Crippen LogP contribution in [0.3, 0.4) is 0 Å². The molecule has 0 saturated carbocycles. The second-order valence-corrected chi connectivity index (χ2v) is 6.05. The molecule has 0 radical (unpaired) electrons. The fraction of sp³-hybridized carbons (Fsp3) is 0.0769. The molecule has 0 amide bonds. The monoisotopic (exact) mass is 412 g/mol. The van der Waals surface area contributed by atoms with E-state index in [0.717, 1.165) is 10.5 Å². The van der Waals surface area contributed by atoms with Gasteiger partial charge in [-0.3, -0.25) is 0 Å². The van der Waals surface area contributed by atoms with Gasteiger partial charge in [-0.15, -0.1) is 0 Å². The Balaban J connectivity index is 2.49. The first-order chi connectivity index (χ1) is 8.90. The minimum atomic E-state index is -1.22. The zero-order valence-electron chi connectivity index (χ0n) is 9.23. The molecule has 0 nitrogen and oxygen atoms in total. The highest BCUT2D eigenvalue weighted by atomic mass is 79.9. The summed E-state index contributed by atoms with van der Waals surface area (Å²) in [5, 5.41) is 0.389. The molecule has 1 unspecified atom stereocenters. The van der Waals surface area contributed by atoms with Crippen LogP contribution in [0.2, 0.25) is 5.02 Å². The predicted molar refractivity (Wildman–Crippen MR) is 76.2 cm³/mol. The molecule has 2 aromatic rings. The van der Waals surface area contributed by atoms with Crippen molar-refractivity contribution in [1.29, 1.82) is 0 Å². The lowest BCUT2D eigenvalue weighted by Gasteiger charge is -2.14. The SMILES string of the molecule is Fc1cc(F)c(C(Br)c2ccc(Br)cc2Cl)cc1F. The normalized spacial score (nSPS) is 12.5. The topological polar surface area (TPSA) is 0 Å². The molecule has 1 atom stereocenters. The fourth-order valence-corrected chi connectivity index (χ4v) is 3.27. The number of alkyl halides is 1. The van der Waals surface area contributed by atoms with Crippen molar-refractivity contribution in [3.63, 3.8) is 0 Å². The van der Waals surface area contributed by atoms with Gasteiger partial charge in [0.2, 0.25) is 0 Å². The van der Waals surface area contributed by atoms with E-state index >= 15 is 0 Å². The van der Waals surface area contributed by atoms with E-state index in [1.54, 1.807) is 18.2 Å². The van der Waals surface area contributed by atoms with Gasteiger partial charge in [-0.25, -0.2) is 13.2 Å². The Morgan fingerprint density at radius 3 is 2.16 bits per heavy atom. The van der Waals surface area contributed by atoms with Crippen LogP contribution in [0.4, 0.5) is 13.2 Å². The summed E-state index contributed by atoms with van der Waals surface area (Å²) in [6.45, 7) is 0. The van der Waals surface area contributed by atoms with Gasteiger partial charge in [0, 0.05) is 21.1 Å². The summed E-state index contributed by atoms with van der Waals surface area (Å²) in [5.41, 5.74) is 0.554. The molecular weight excluding hydrogens is 408 g/mol. The minimum Gasteiger partial charge on any atom is -0.207 e. The van der Waals surface area contributed by atoms with Gasteiger partial charge in [0.1, 0.15) is 5.82 Å². The van der Waals surface area contributed by atoms with Gasteiger partial charge < -0.3 is 0 Å². The molecule has 0 aliphatic carbocycles. The maximum atomic E-state index is 13.7. The molecule has 0 spiro atoms. The molecule has 0 bridgehead atoms. The largest absolute Gasteiger partial charge is 0.207 e. The average molecular weight is 414 g/mol. The van der Waals surface area contributed by atoms with Crippen LogP contribution in [-0.4, -0.2) is 0 Å². The molecule has 100 valence electrons. The maximum Gasteiger partial charge on any atom is 0.161 e. The Morgan fingerprint density at radius 1 is 0.895 bits per heavy atom. The third-order valence-corrected chi connectivity index (χ3v) is 4.36. The molecule has 0 aliphatic heterocycles. The highest BCUT2D eigenvalue weighted by Gasteiger charge is 2.20. The lowest BCUT2D eigenvalue weighted by molar-refractivity contribution is 0.491. The van der Waals surface area contributed by atoms with E-state index in [1.807, 2.05) is 0 Å². The van der Waals surface area contributed by atoms with Crippen LogP contribution in [0.5, 0.6) is 0 Å². The van der Waals surface area contributed by atoms with E-state index in [9.17, 15) is 13.2 Å². The number of benzene rings is 2. The standard InChI is InChI=1S/C13H6Br2ClF3/c14-6-1-2-7(9(16)3-6)13(15)8-4-11(18)12(19)5-10(8)17/h1-5,13H. The molecule has 0 heterocycles. The van der Waals surface area contributed by atoms with Crippen LogP contribution in [0.1, 0.15) is 16.0 Å². The lowest BCUT2D eigenvalue weighted by Crippen LogP contribution is -2.00. The van der Waals surface area contributed by atoms with Crippen molar-refractivity contribution in [2.45, 2.75) is 4.83 Å². The van der Waals surface area contributed by atoms with Crippen molar-refractivity contribution in [1.82, 2.24) is 0 Å². The van der Waals surface area contributed by atoms with Crippen LogP contribution in [0, 0.1) is 17.5 Å². The van der Waals surface area contributed by atoms with Gasteiger partial charge in [-0.1, -0.05) is 49.5 Å². The lowest BCUT2D eigenvalue weighted by atomic mass is 10.0. The third kappa shape index (κ3) is 3.15. The smallest absolute Gasteiger partial charge is 0.161 e. The van der Waals surface area contributed by atoms with Gasteiger partial charge in [-0.05, 0) is 23.8 Å². The molecule has 0 aromatic heterocycles. The maximum absolute atomic E-state index is 13.7. The molecule has 0 aliphatic rings. The zero-order valence-corrected chi connectivity index (χ0v) is 13.2. The summed E-state index contributed by atoms with van der Waals surface area (Å²) < 4.78 is 40.6. The Morgan fingerprint density at radius 2 is 1.53 bits per heavy atom. The minimum absolute atomic E-state index is 0.0110. The number of hydrogen-bond acceptors (Lipinski definition) is 0. The second kappa shape index (κ2) is 5.85. The van der Waals surface area contributed by atoms with Crippen molar-refractivity contribution < 1.29 is 13.2 Å². The van der Waals surface area contributed by atoms with E-state index in [2.05, 4.69) is 31.9 Å². The first-order valence-electron chi connectivity index (χ1n) is 5.13. The highest BCUT2D eigenvalue weighted by molar-refractivity contribution is 9.10. The van der Waals surface area contributed by atoms with Gasteiger partial charge in [0.15, 0.2) is 11.6 Å². The second-order valence-electron chi connectivity index (χ2n) is 3.82. The van der Waals surface area contributed by atoms with E-state index in [0.29, 0.717) is 16.7 Å². The predicted octanol–water partition coefficient (Wildman–Crippen LogP) is 6.00. The highest BCUT2D eigenvalue weighted by Crippen LogP contribution is 2.38. The van der Waals surface area contributed by atoms with Crippen LogP contribution >= 0.6 is 43.5 Å². The Kier molecular flexibility index (Phi) is 4.58.